The van der Waals surface area contributed by atoms with E-state index < -0.39 is 0 Å². The van der Waals surface area contributed by atoms with Gasteiger partial charge in [0.15, 0.2) is 16.7 Å². The van der Waals surface area contributed by atoms with Gasteiger partial charge in [0.2, 0.25) is 6.79 Å². The third kappa shape index (κ3) is 2.38. The predicted molar refractivity (Wildman–Crippen MR) is 63.5 cm³/mol. The van der Waals surface area contributed by atoms with E-state index in [-0.39, 0.29) is 12.0 Å². The third-order valence-corrected chi connectivity index (χ3v) is 3.43. The first-order chi connectivity index (χ1) is 7.16. The van der Waals surface area contributed by atoms with E-state index in [1.54, 1.807) is 0 Å². The molecule has 80 valence electrons. The number of benzene rings is 1. The van der Waals surface area contributed by atoms with E-state index in [1.165, 1.54) is 11.8 Å². The van der Waals surface area contributed by atoms with Gasteiger partial charge in [-0.3, -0.25) is 5.41 Å². The van der Waals surface area contributed by atoms with Crippen LogP contribution in [0, 0.1) is 5.41 Å². The van der Waals surface area contributed by atoms with Gasteiger partial charge in [0.05, 0.1) is 0 Å². The first-order valence-corrected chi connectivity index (χ1v) is 5.99. The van der Waals surface area contributed by atoms with Crippen molar-refractivity contribution in [3.05, 3.63) is 22.2 Å². The summed E-state index contributed by atoms with van der Waals surface area (Å²) < 4.78 is 11.4. The summed E-state index contributed by atoms with van der Waals surface area (Å²) in [4.78, 5) is 0. The molecule has 0 aliphatic carbocycles. The molecule has 0 saturated heterocycles. The smallest absolute Gasteiger partial charge is 0.231 e. The predicted octanol–water partition coefficient (Wildman–Crippen LogP) is 2.30. The molecule has 0 amide bonds. The van der Waals surface area contributed by atoms with Gasteiger partial charge in [-0.2, -0.15) is 0 Å². The van der Waals surface area contributed by atoms with Crippen LogP contribution in [0.5, 0.6) is 11.5 Å². The number of ether oxygens (including phenoxy) is 2. The fourth-order valence-electron chi connectivity index (χ4n) is 1.23. The largest absolute Gasteiger partial charge is 0.454 e. The van der Waals surface area contributed by atoms with Crippen molar-refractivity contribution in [2.75, 3.05) is 6.79 Å². The van der Waals surface area contributed by atoms with Crippen molar-refractivity contribution in [1.29, 1.82) is 5.41 Å². The number of hydrogen-bond acceptors (Lipinski definition) is 4. The van der Waals surface area contributed by atoms with Crippen LogP contribution in [0.4, 0.5) is 0 Å². The molecule has 3 N–H and O–H groups in total. The SMILES string of the molecule is N=C(N)SCc1cc2c(cc1Br)OCO2. The molecule has 0 radical (unpaired) electrons. The zero-order valence-electron chi connectivity index (χ0n) is 7.75. The highest BCUT2D eigenvalue weighted by molar-refractivity contribution is 9.10. The molecule has 0 unspecified atom stereocenters. The highest BCUT2D eigenvalue weighted by atomic mass is 79.9. The summed E-state index contributed by atoms with van der Waals surface area (Å²) in [6, 6.07) is 3.78. The monoisotopic (exact) mass is 288 g/mol. The summed E-state index contributed by atoms with van der Waals surface area (Å²) in [7, 11) is 0. The molecular formula is C9H9BrN2O2S. The average molecular weight is 289 g/mol. The Labute approximate surface area is 99.8 Å². The number of nitrogens with one attached hydrogen (secondary N) is 1. The summed E-state index contributed by atoms with van der Waals surface area (Å²) in [6.45, 7) is 0.269. The minimum absolute atomic E-state index is 0.111. The molecule has 1 aliphatic heterocycles. The van der Waals surface area contributed by atoms with Gasteiger partial charge in [-0.25, -0.2) is 0 Å². The van der Waals surface area contributed by atoms with Gasteiger partial charge in [0, 0.05) is 10.2 Å². The van der Waals surface area contributed by atoms with Crippen LogP contribution < -0.4 is 15.2 Å². The Morgan fingerprint density at radius 3 is 2.80 bits per heavy atom. The lowest BCUT2D eigenvalue weighted by Gasteiger charge is -2.05. The van der Waals surface area contributed by atoms with Crippen molar-refractivity contribution in [3.8, 4) is 11.5 Å². The van der Waals surface area contributed by atoms with Crippen molar-refractivity contribution in [2.45, 2.75) is 5.75 Å². The Balaban J connectivity index is 2.21. The van der Waals surface area contributed by atoms with E-state index >= 15 is 0 Å². The van der Waals surface area contributed by atoms with Crippen LogP contribution >= 0.6 is 27.7 Å². The first kappa shape index (κ1) is 10.6. The van der Waals surface area contributed by atoms with E-state index in [9.17, 15) is 0 Å². The van der Waals surface area contributed by atoms with Crippen LogP contribution in [0.15, 0.2) is 16.6 Å². The molecule has 0 spiro atoms. The van der Waals surface area contributed by atoms with Gasteiger partial charge < -0.3 is 15.2 Å². The number of rotatable bonds is 2. The molecule has 1 aromatic rings. The molecule has 6 heteroatoms. The van der Waals surface area contributed by atoms with Crippen LogP contribution in [0.1, 0.15) is 5.56 Å². The van der Waals surface area contributed by atoms with Gasteiger partial charge in [-0.15, -0.1) is 0 Å². The Morgan fingerprint density at radius 2 is 2.13 bits per heavy atom. The Kier molecular flexibility index (Phi) is 3.06. The fourth-order valence-corrected chi connectivity index (χ4v) is 2.42. The normalized spacial score (nSPS) is 12.9. The molecule has 0 bridgehead atoms. The molecule has 0 fully saturated rings. The quantitative estimate of drug-likeness (QED) is 0.647. The van der Waals surface area contributed by atoms with Crippen molar-refractivity contribution in [2.24, 2.45) is 5.73 Å². The molecule has 4 nitrogen and oxygen atoms in total. The highest BCUT2D eigenvalue weighted by Gasteiger charge is 2.16. The first-order valence-electron chi connectivity index (χ1n) is 4.21. The number of thioether (sulfide) groups is 1. The van der Waals surface area contributed by atoms with Gasteiger partial charge in [0.25, 0.3) is 0 Å². The molecule has 1 aromatic carbocycles. The van der Waals surface area contributed by atoms with Crippen LogP contribution in [0.2, 0.25) is 0 Å². The zero-order chi connectivity index (χ0) is 10.8. The van der Waals surface area contributed by atoms with E-state index in [1.807, 2.05) is 12.1 Å². The molecule has 1 aliphatic rings. The lowest BCUT2D eigenvalue weighted by Crippen LogP contribution is -2.03. The van der Waals surface area contributed by atoms with Gasteiger partial charge in [-0.1, -0.05) is 27.7 Å². The maximum Gasteiger partial charge on any atom is 0.231 e. The third-order valence-electron chi connectivity index (χ3n) is 1.92. The van der Waals surface area contributed by atoms with Crippen LogP contribution in [0.25, 0.3) is 0 Å². The highest BCUT2D eigenvalue weighted by Crippen LogP contribution is 2.37. The van der Waals surface area contributed by atoms with Crippen molar-refractivity contribution in [1.82, 2.24) is 0 Å². The molecular weight excluding hydrogens is 280 g/mol. The molecule has 1 heterocycles. The average Bonchev–Trinajstić information content (AvgIpc) is 2.60. The van der Waals surface area contributed by atoms with Crippen molar-refractivity contribution in [3.63, 3.8) is 0 Å². The second-order valence-electron chi connectivity index (χ2n) is 2.95. The maximum atomic E-state index is 7.14. The number of amidine groups is 1. The van der Waals surface area contributed by atoms with E-state index in [0.29, 0.717) is 5.75 Å². The number of halogens is 1. The van der Waals surface area contributed by atoms with E-state index in [4.69, 9.17) is 20.6 Å². The Hall–Kier alpha value is -0.880. The molecule has 0 saturated carbocycles. The Bertz CT molecular complexity index is 411. The minimum Gasteiger partial charge on any atom is -0.454 e. The lowest BCUT2D eigenvalue weighted by atomic mass is 10.2. The zero-order valence-corrected chi connectivity index (χ0v) is 10.2. The van der Waals surface area contributed by atoms with Crippen LogP contribution in [-0.2, 0) is 5.75 Å². The molecule has 0 atom stereocenters. The summed E-state index contributed by atoms with van der Waals surface area (Å²) in [5.74, 6) is 2.14. The number of fused-ring (bicyclic) bond motifs is 1. The van der Waals surface area contributed by atoms with Crippen molar-refractivity contribution >= 4 is 32.9 Å². The lowest BCUT2D eigenvalue weighted by molar-refractivity contribution is 0.174. The van der Waals surface area contributed by atoms with Crippen molar-refractivity contribution < 1.29 is 9.47 Å². The number of nitrogens with two attached hydrogens (primary N) is 1. The van der Waals surface area contributed by atoms with Gasteiger partial charge in [0.1, 0.15) is 0 Å². The number of hydrogen-bond donors (Lipinski definition) is 2. The molecule has 2 rings (SSSR count). The van der Waals surface area contributed by atoms with Gasteiger partial charge in [-0.05, 0) is 17.7 Å². The molecule has 15 heavy (non-hydrogen) atoms. The fraction of sp³-hybridized carbons (Fsp3) is 0.222. The summed E-state index contributed by atoms with van der Waals surface area (Å²) >= 11 is 4.72. The second-order valence-corrected chi connectivity index (χ2v) is 4.82. The van der Waals surface area contributed by atoms with E-state index in [0.717, 1.165) is 21.5 Å². The summed E-state index contributed by atoms with van der Waals surface area (Å²) in [5.41, 5.74) is 6.32. The standard InChI is InChI=1S/C9H9BrN2O2S/c10-6-2-8-7(13-4-14-8)1-5(6)3-15-9(11)12/h1-2H,3-4H2,(H3,11,12). The summed E-state index contributed by atoms with van der Waals surface area (Å²) in [5, 5.41) is 7.25. The van der Waals surface area contributed by atoms with E-state index in [2.05, 4.69) is 15.9 Å². The van der Waals surface area contributed by atoms with Crippen LogP contribution in [-0.4, -0.2) is 12.0 Å². The summed E-state index contributed by atoms with van der Waals surface area (Å²) in [6.07, 6.45) is 0. The minimum atomic E-state index is 0.111. The second kappa shape index (κ2) is 4.32. The van der Waals surface area contributed by atoms with Crippen LogP contribution in [0.3, 0.4) is 0 Å². The topological polar surface area (TPSA) is 68.3 Å². The molecule has 0 aromatic heterocycles. The Morgan fingerprint density at radius 1 is 1.47 bits per heavy atom. The van der Waals surface area contributed by atoms with Gasteiger partial charge >= 0.3 is 0 Å². The maximum absolute atomic E-state index is 7.14.